The van der Waals surface area contributed by atoms with Crippen molar-refractivity contribution in [1.82, 2.24) is 0 Å². The third-order valence-electron chi connectivity index (χ3n) is 1.74. The van der Waals surface area contributed by atoms with Crippen LogP contribution in [-0.4, -0.2) is 83.4 Å². The summed E-state index contributed by atoms with van der Waals surface area (Å²) in [5, 5.41) is 18.4. The molecule has 0 aromatic heterocycles. The molecule has 0 saturated heterocycles. The fraction of sp³-hybridized carbons (Fsp3) is 0. The van der Waals surface area contributed by atoms with Crippen molar-refractivity contribution in [2.75, 3.05) is 0 Å². The Kier molecular flexibility index (Phi) is 14.7. The Morgan fingerprint density at radius 3 is 1.23 bits per heavy atom. The average molecular weight is 366 g/mol. The van der Waals surface area contributed by atoms with E-state index in [9.17, 15) is 28.5 Å². The second-order valence-electron chi connectivity index (χ2n) is 3.19. The van der Waals surface area contributed by atoms with Gasteiger partial charge in [0.1, 0.15) is 0 Å². The van der Waals surface area contributed by atoms with Crippen molar-refractivity contribution < 1.29 is 74.7 Å². The molecule has 0 aliphatic heterocycles. The van der Waals surface area contributed by atoms with Crippen molar-refractivity contribution >= 4 is 73.4 Å². The molecule has 0 amide bonds. The summed E-state index contributed by atoms with van der Waals surface area (Å²) in [7, 11) is -12.2. The second kappa shape index (κ2) is 15.6. The molecule has 0 spiro atoms. The Balaban J connectivity index is 4.72. The molecule has 0 atom stereocenters. The van der Waals surface area contributed by atoms with E-state index in [0.717, 1.165) is 0 Å². The number of hydrogen-bond donors (Lipinski definition) is 2. The monoisotopic (exact) mass is 368 g/mol. The first kappa shape index (κ1) is 24.4. The van der Waals surface area contributed by atoms with Gasteiger partial charge >= 0.3 is 148 Å². The molecule has 0 saturated carbocycles. The third kappa shape index (κ3) is 11.9. The Bertz CT molecular complexity index is 417. The summed E-state index contributed by atoms with van der Waals surface area (Å²) in [6, 6.07) is 0. The van der Waals surface area contributed by atoms with Gasteiger partial charge in [-0.15, -0.1) is 0 Å². The molecule has 0 fully saturated rings. The molecule has 0 heterocycles. The van der Waals surface area contributed by atoms with Gasteiger partial charge in [0.05, 0.1) is 0 Å². The number of hydrogen-bond acceptors (Lipinski definition) is 16. The van der Waals surface area contributed by atoms with Crippen LogP contribution in [0, 0.1) is 0 Å². The Morgan fingerprint density at radius 2 is 0.808 bits per heavy atom. The van der Waals surface area contributed by atoms with Crippen LogP contribution in [0.25, 0.3) is 0 Å². The van der Waals surface area contributed by atoms with E-state index in [1.54, 1.807) is 0 Å². The first-order valence-electron chi connectivity index (χ1n) is 5.94. The van der Waals surface area contributed by atoms with E-state index < -0.39 is 36.6 Å². The predicted molar refractivity (Wildman–Crippen MR) is 75.2 cm³/mol. The van der Waals surface area contributed by atoms with Gasteiger partial charge in [-0.25, -0.2) is 0 Å². The van der Waals surface area contributed by atoms with E-state index in [0.29, 0.717) is 0 Å². The van der Waals surface area contributed by atoms with Crippen LogP contribution >= 0.6 is 0 Å². The van der Waals surface area contributed by atoms with Crippen LogP contribution in [0.4, 0.5) is 0 Å². The molecule has 0 aromatic rings. The van der Waals surface area contributed by atoms with Crippen LogP contribution in [0.5, 0.6) is 0 Å². The van der Waals surface area contributed by atoms with Crippen LogP contribution in [0.15, 0.2) is 0 Å². The first-order chi connectivity index (χ1) is 12.5. The van der Waals surface area contributed by atoms with Crippen molar-refractivity contribution in [2.45, 2.75) is 0 Å². The first-order valence-corrected chi connectivity index (χ1v) is 5.94. The van der Waals surface area contributed by atoms with Gasteiger partial charge in [-0.2, -0.15) is 0 Å². The summed E-state index contributed by atoms with van der Waals surface area (Å²) in [4.78, 5) is 0. The molecule has 0 aromatic carbocycles. The zero-order valence-electron chi connectivity index (χ0n) is 12.4. The quantitative estimate of drug-likeness (QED) is 0.216. The van der Waals surface area contributed by atoms with Gasteiger partial charge in [-0.3, -0.25) is 0 Å². The Hall–Kier alpha value is -1.59. The average Bonchev–Trinajstić information content (AvgIpc) is 2.55. The molecule has 0 aliphatic rings. The van der Waals surface area contributed by atoms with Crippen molar-refractivity contribution in [3.63, 3.8) is 0 Å². The van der Waals surface area contributed by atoms with E-state index >= 15 is 0 Å². The minimum absolute atomic E-state index is 0.199. The van der Waals surface area contributed by atoms with E-state index in [4.69, 9.17) is 5.02 Å². The molecule has 0 unspecified atom stereocenters. The van der Waals surface area contributed by atoms with Gasteiger partial charge in [0.2, 0.25) is 0 Å². The molecule has 128 valence electrons. The molecule has 0 aliphatic carbocycles. The molecule has 16 nitrogen and oxygen atoms in total. The van der Waals surface area contributed by atoms with Gasteiger partial charge in [-0.05, 0) is 0 Å². The van der Waals surface area contributed by atoms with Gasteiger partial charge < -0.3 is 0 Å². The fourth-order valence-corrected chi connectivity index (χ4v) is 0.958. The molecular formula is H2B10O16. The summed E-state index contributed by atoms with van der Waals surface area (Å²) in [6.07, 6.45) is 0. The minimum atomic E-state index is -2.44. The van der Waals surface area contributed by atoms with Crippen LogP contribution in [0.3, 0.4) is 0 Å². The molecule has 2 N–H and O–H groups in total. The van der Waals surface area contributed by atoms with Crippen molar-refractivity contribution in [3.8, 4) is 0 Å². The molecule has 0 bridgehead atoms. The maximum atomic E-state index is 10.3. The summed E-state index contributed by atoms with van der Waals surface area (Å²) in [5.74, 6) is 0. The summed E-state index contributed by atoms with van der Waals surface area (Å²) in [5.41, 5.74) is 0. The third-order valence-corrected chi connectivity index (χ3v) is 1.74. The van der Waals surface area contributed by atoms with Crippen LogP contribution in [-0.2, 0) is 64.7 Å². The van der Waals surface area contributed by atoms with Crippen molar-refractivity contribution in [2.24, 2.45) is 0 Å². The number of rotatable bonds is 18. The normalized spacial score (nSPS) is 8.23. The molecule has 26 heavy (non-hydrogen) atoms. The van der Waals surface area contributed by atoms with Crippen molar-refractivity contribution in [3.05, 3.63) is 0 Å². The molecule has 26 heteroatoms. The van der Waals surface area contributed by atoms with Gasteiger partial charge in [0, 0.05) is 0 Å². The zero-order chi connectivity index (χ0) is 19.8. The van der Waals surface area contributed by atoms with E-state index in [1.807, 2.05) is 0 Å². The second-order valence-corrected chi connectivity index (χ2v) is 3.19. The summed E-state index contributed by atoms with van der Waals surface area (Å²) < 4.78 is 88.9. The zero-order valence-corrected chi connectivity index (χ0v) is 12.4. The van der Waals surface area contributed by atoms with Crippen LogP contribution < -0.4 is 0 Å². The van der Waals surface area contributed by atoms with E-state index in [1.165, 1.54) is 0 Å². The van der Waals surface area contributed by atoms with Gasteiger partial charge in [-0.1, -0.05) is 0 Å². The van der Waals surface area contributed by atoms with Gasteiger partial charge in [0.25, 0.3) is 0 Å². The summed E-state index contributed by atoms with van der Waals surface area (Å²) >= 11 is 0. The van der Waals surface area contributed by atoms with Crippen molar-refractivity contribution in [1.29, 1.82) is 0 Å². The van der Waals surface area contributed by atoms with Gasteiger partial charge in [0.15, 0.2) is 0 Å². The summed E-state index contributed by atoms with van der Waals surface area (Å²) in [6.45, 7) is 0. The standard InChI is InChI=1S/B10H2O16/c11-1-18-6(16)23-9(21-4-14)24-7(17)25-10(22-5-15)26-8(19-2-12)20-3-13/h16-17H. The van der Waals surface area contributed by atoms with Crippen LogP contribution in [0.2, 0.25) is 0 Å². The Morgan fingerprint density at radius 1 is 0.462 bits per heavy atom. The van der Waals surface area contributed by atoms with Crippen LogP contribution in [0.1, 0.15) is 0 Å². The topological polar surface area (TPSA) is 209 Å². The predicted octanol–water partition coefficient (Wildman–Crippen LogP) is -6.13. The molecule has 0 radical (unpaired) electrons. The molecule has 0 rings (SSSR count). The SMILES string of the molecule is O=BOB(O)OB(OB=O)OB(O)OB(OB=O)OB(OB=O)OB=O. The Labute approximate surface area is 149 Å². The van der Waals surface area contributed by atoms with E-state index in [-0.39, 0.29) is 36.8 Å². The fourth-order valence-electron chi connectivity index (χ4n) is 0.958. The maximum absolute atomic E-state index is 10.3. The molecular weight excluding hydrogens is 364 g/mol. The van der Waals surface area contributed by atoms with E-state index in [2.05, 4.69) is 41.1 Å².